The number of ketones is 1. The number of ether oxygens (including phenoxy) is 3. The van der Waals surface area contributed by atoms with Gasteiger partial charge < -0.3 is 34.2 Å². The lowest BCUT2D eigenvalue weighted by atomic mass is 9.61. The zero-order chi connectivity index (χ0) is 43.9. The Kier molecular flexibility index (Phi) is 14.0. The Morgan fingerprint density at radius 1 is 0.918 bits per heavy atom. The van der Waals surface area contributed by atoms with Gasteiger partial charge in [-0.1, -0.05) is 61.3 Å². The maximum Gasteiger partial charge on any atom is 0.346 e. The van der Waals surface area contributed by atoms with Crippen LogP contribution in [0, 0.1) is 11.3 Å². The molecule has 13 heteroatoms. The number of anilines is 1. The number of benzene rings is 1. The average molecular weight is 836 g/mol. The highest BCUT2D eigenvalue weighted by molar-refractivity contribution is 6.26. The summed E-state index contributed by atoms with van der Waals surface area (Å²) in [6.07, 6.45) is 16.2. The molecule has 13 nitrogen and oxygen atoms in total. The molecule has 5 aliphatic rings. The molecule has 61 heavy (non-hydrogen) atoms. The molecular formula is C48H57N3O10. The van der Waals surface area contributed by atoms with E-state index in [1.54, 1.807) is 24.3 Å². The van der Waals surface area contributed by atoms with E-state index < -0.39 is 34.7 Å². The molecule has 3 aliphatic heterocycles. The summed E-state index contributed by atoms with van der Waals surface area (Å²) in [4.78, 5) is 79.8. The van der Waals surface area contributed by atoms with E-state index in [-0.39, 0.29) is 60.7 Å². The molecule has 0 saturated carbocycles. The fraction of sp³-hybridized carbons (Fsp3) is 0.458. The van der Waals surface area contributed by atoms with Crippen molar-refractivity contribution in [3.8, 4) is 0 Å². The van der Waals surface area contributed by atoms with Gasteiger partial charge in [0.1, 0.15) is 29.6 Å². The molecule has 4 bridgehead atoms. The molecule has 1 aromatic carbocycles. The zero-order valence-corrected chi connectivity index (χ0v) is 36.0. The summed E-state index contributed by atoms with van der Waals surface area (Å²) in [6.45, 7) is 8.91. The summed E-state index contributed by atoms with van der Waals surface area (Å²) in [6, 6.07) is 6.92. The second kappa shape index (κ2) is 19.2. The summed E-state index contributed by atoms with van der Waals surface area (Å²) < 4.78 is 23.2. The molecule has 1 aromatic heterocycles. The van der Waals surface area contributed by atoms with Gasteiger partial charge in [-0.05, 0) is 75.0 Å². The number of carbonyl (C=O) groups excluding carboxylic acids is 5. The van der Waals surface area contributed by atoms with Crippen molar-refractivity contribution in [3.63, 3.8) is 0 Å². The number of hydrogen-bond acceptors (Lipinski definition) is 11. The van der Waals surface area contributed by atoms with E-state index in [0.29, 0.717) is 42.7 Å². The Morgan fingerprint density at radius 2 is 1.66 bits per heavy atom. The Bertz CT molecular complexity index is 2330. The maximum absolute atomic E-state index is 14.2. The van der Waals surface area contributed by atoms with Gasteiger partial charge in [-0.2, -0.15) is 0 Å². The summed E-state index contributed by atoms with van der Waals surface area (Å²) >= 11 is 0. The van der Waals surface area contributed by atoms with Gasteiger partial charge in [0.2, 0.25) is 17.6 Å². The topological polar surface area (TPSA) is 171 Å². The summed E-state index contributed by atoms with van der Waals surface area (Å²) in [5.74, 6) is -1.82. The average Bonchev–Trinajstić information content (AvgIpc) is 3.45. The lowest BCUT2D eigenvalue weighted by Crippen LogP contribution is -2.53. The lowest BCUT2D eigenvalue weighted by Gasteiger charge is -2.45. The molecule has 4 atom stereocenters. The third-order valence-electron chi connectivity index (χ3n) is 11.9. The molecule has 324 valence electrons. The molecule has 7 rings (SSSR count). The fourth-order valence-corrected chi connectivity index (χ4v) is 8.42. The molecule has 2 N–H and O–H groups in total. The number of unbranched alkanes of at least 4 members (excludes halogenated alkanes) is 3. The van der Waals surface area contributed by atoms with E-state index in [4.69, 9.17) is 18.6 Å². The van der Waals surface area contributed by atoms with E-state index in [0.717, 1.165) is 47.9 Å². The monoisotopic (exact) mass is 835 g/mol. The summed E-state index contributed by atoms with van der Waals surface area (Å²) in [5, 5.41) is 6.52. The molecule has 2 amide bonds. The zero-order valence-electron chi connectivity index (χ0n) is 36.0. The van der Waals surface area contributed by atoms with Crippen LogP contribution in [0.2, 0.25) is 0 Å². The van der Waals surface area contributed by atoms with Crippen molar-refractivity contribution in [2.24, 2.45) is 11.3 Å². The minimum atomic E-state index is -1.40. The quantitative estimate of drug-likeness (QED) is 0.0708. The molecule has 2 aliphatic carbocycles. The largest absolute Gasteiger partial charge is 0.488 e. The number of rotatable bonds is 14. The van der Waals surface area contributed by atoms with Gasteiger partial charge in [0.15, 0.2) is 5.60 Å². The summed E-state index contributed by atoms with van der Waals surface area (Å²) in [7, 11) is 3.80. The van der Waals surface area contributed by atoms with Crippen molar-refractivity contribution >= 4 is 46.2 Å². The predicted molar refractivity (Wildman–Crippen MR) is 231 cm³/mol. The van der Waals surface area contributed by atoms with Gasteiger partial charge >= 0.3 is 17.6 Å². The van der Waals surface area contributed by atoms with E-state index in [2.05, 4.69) is 10.6 Å². The molecule has 2 aromatic rings. The van der Waals surface area contributed by atoms with Crippen LogP contribution in [0.15, 0.2) is 104 Å². The highest BCUT2D eigenvalue weighted by atomic mass is 16.6. The number of allylic oxidation sites excluding steroid dienone is 4. The summed E-state index contributed by atoms with van der Waals surface area (Å²) in [5.41, 5.74) is 1.71. The van der Waals surface area contributed by atoms with Crippen molar-refractivity contribution in [2.45, 2.75) is 97.2 Å². The number of nitrogens with zero attached hydrogens (tertiary/aromatic N) is 1. The van der Waals surface area contributed by atoms with Gasteiger partial charge in [0.05, 0.1) is 18.3 Å². The lowest BCUT2D eigenvalue weighted by molar-refractivity contribution is -0.162. The van der Waals surface area contributed by atoms with Crippen molar-refractivity contribution in [1.29, 1.82) is 0 Å². The van der Waals surface area contributed by atoms with Crippen LogP contribution in [0.25, 0.3) is 11.0 Å². The number of nitrogens with one attached hydrogen (secondary N) is 2. The third-order valence-corrected chi connectivity index (χ3v) is 11.9. The van der Waals surface area contributed by atoms with Crippen LogP contribution < -0.4 is 21.2 Å². The van der Waals surface area contributed by atoms with Crippen molar-refractivity contribution in [3.05, 3.63) is 111 Å². The second-order valence-electron chi connectivity index (χ2n) is 16.9. The van der Waals surface area contributed by atoms with Gasteiger partial charge in [-0.15, -0.1) is 0 Å². The number of amides is 2. The van der Waals surface area contributed by atoms with E-state index in [1.807, 2.05) is 83.1 Å². The number of esters is 2. The Morgan fingerprint density at radius 3 is 2.36 bits per heavy atom. The van der Waals surface area contributed by atoms with Crippen LogP contribution in [-0.2, 0) is 44.6 Å². The van der Waals surface area contributed by atoms with Crippen LogP contribution in [0.4, 0.5) is 5.69 Å². The van der Waals surface area contributed by atoms with Gasteiger partial charge in [0.25, 0.3) is 0 Å². The van der Waals surface area contributed by atoms with Crippen molar-refractivity contribution in [1.82, 2.24) is 10.6 Å². The molecule has 1 spiro atoms. The molecule has 1 saturated heterocycles. The highest BCUT2D eigenvalue weighted by Crippen LogP contribution is 2.53. The van der Waals surface area contributed by atoms with Crippen LogP contribution in [-0.4, -0.2) is 75.0 Å². The maximum atomic E-state index is 14.2. The Balaban J connectivity index is 0.943. The van der Waals surface area contributed by atoms with Crippen LogP contribution in [0.3, 0.4) is 0 Å². The van der Waals surface area contributed by atoms with Crippen LogP contribution in [0.5, 0.6) is 0 Å². The second-order valence-corrected chi connectivity index (χ2v) is 16.9. The van der Waals surface area contributed by atoms with E-state index >= 15 is 0 Å². The standard InChI is InChI=1S/C48H57N3O10/c1-30-12-11-13-36(22-33-14-17-38(58-29-33)44-45(56)48(61-46(44)57)28-32(3)31(2)27-47(48,4)26-30)59-42(54)19-18-40(52)49-20-9-7-8-10-21-50-41(53)23-34-24-43(55)60-39-25-35(51(5)6)15-16-37(34)39/h11-12,14-17,22,24-27,32,36H,7-10,13,18-21,23,28-29H2,1-6H3,(H,49,52)(H,50,53)/b12-11+,30-26+,33-22-,44-38+/t32-,36+,47-,48+/m0/s1. The first-order valence-corrected chi connectivity index (χ1v) is 21.1. The number of fused-ring (bicyclic) bond motifs is 6. The normalized spacial score (nSPS) is 26.9. The number of hydrogen-bond donors (Lipinski definition) is 2. The van der Waals surface area contributed by atoms with Crippen molar-refractivity contribution < 1.29 is 42.6 Å². The third kappa shape index (κ3) is 10.5. The van der Waals surface area contributed by atoms with Gasteiger partial charge in [-0.25, -0.2) is 9.59 Å². The smallest absolute Gasteiger partial charge is 0.346 e. The molecule has 0 radical (unpaired) electrons. The molecule has 1 fully saturated rings. The first kappa shape index (κ1) is 44.6. The molecule has 4 heterocycles. The molecule has 0 unspecified atom stereocenters. The van der Waals surface area contributed by atoms with E-state index in [1.165, 1.54) is 6.07 Å². The first-order chi connectivity index (χ1) is 29.1. The van der Waals surface area contributed by atoms with Crippen LogP contribution >= 0.6 is 0 Å². The first-order valence-electron chi connectivity index (χ1n) is 21.1. The minimum Gasteiger partial charge on any atom is -0.488 e. The number of Topliss-reactive ketones (excluding diaryl/α,β-unsaturated/α-hetero) is 1. The SMILES string of the molecule is CC1=C[C@]2(C)/C=C(C)/C=C/C[C@@H](OC(=O)CCC(=O)NCCCCCCNC(=O)Cc3cc(=O)oc4cc(N(C)C)ccc34)/C=C3C=C/C(=C4\C(=O)O[C@]2(C[C@@H]1C)C4=O)OC/3. The molecular weight excluding hydrogens is 779 g/mol. The Labute approximate surface area is 356 Å². The van der Waals surface area contributed by atoms with Gasteiger partial charge in [-0.3, -0.25) is 19.2 Å². The number of carbonyl (C=O) groups is 5. The fourth-order valence-electron chi connectivity index (χ4n) is 8.42. The Hall–Kier alpha value is -5.98. The van der Waals surface area contributed by atoms with Gasteiger partial charge in [0, 0.05) is 69.7 Å². The van der Waals surface area contributed by atoms with Crippen molar-refractivity contribution in [2.75, 3.05) is 38.7 Å². The minimum absolute atomic E-state index is 0.0166. The van der Waals surface area contributed by atoms with E-state index in [9.17, 15) is 28.8 Å². The predicted octanol–water partition coefficient (Wildman–Crippen LogP) is 6.42. The highest BCUT2D eigenvalue weighted by Gasteiger charge is 2.64. The van der Waals surface area contributed by atoms with Crippen LogP contribution in [0.1, 0.15) is 84.6 Å².